The van der Waals surface area contributed by atoms with Crippen LogP contribution in [0.2, 0.25) is 0 Å². The normalized spacial score (nSPS) is 12.9. The van der Waals surface area contributed by atoms with Gasteiger partial charge in [0, 0.05) is 23.7 Å². The Morgan fingerprint density at radius 1 is 1.04 bits per heavy atom. The van der Waals surface area contributed by atoms with E-state index in [1.165, 1.54) is 0 Å². The summed E-state index contributed by atoms with van der Waals surface area (Å²) in [5.41, 5.74) is 2.38. The number of rotatable bonds is 9. The Hall–Kier alpha value is -3.02. The first-order valence-corrected chi connectivity index (χ1v) is 9.53. The molecule has 2 amide bonds. The van der Waals surface area contributed by atoms with Gasteiger partial charge >= 0.3 is 0 Å². The van der Waals surface area contributed by atoms with Gasteiger partial charge in [0.05, 0.1) is 13.7 Å². The van der Waals surface area contributed by atoms with Gasteiger partial charge in [-0.05, 0) is 68.1 Å². The zero-order chi connectivity index (χ0) is 19.9. The molecular formula is C22H26N2O4. The molecule has 0 atom stereocenters. The van der Waals surface area contributed by atoms with Crippen LogP contribution in [0, 0.1) is 12.8 Å². The molecule has 2 aromatic carbocycles. The Kier molecular flexibility index (Phi) is 6.53. The number of aryl methyl sites for hydroxylation is 1. The second-order valence-electron chi connectivity index (χ2n) is 6.97. The number of amides is 2. The van der Waals surface area contributed by atoms with Gasteiger partial charge in [0.2, 0.25) is 11.8 Å². The number of benzene rings is 2. The molecule has 1 aliphatic rings. The van der Waals surface area contributed by atoms with Crippen LogP contribution >= 0.6 is 0 Å². The van der Waals surface area contributed by atoms with E-state index in [9.17, 15) is 9.59 Å². The van der Waals surface area contributed by atoms with Crippen LogP contribution in [-0.4, -0.2) is 25.5 Å². The summed E-state index contributed by atoms with van der Waals surface area (Å²) in [6.45, 7) is 2.38. The number of hydrogen-bond donors (Lipinski definition) is 2. The highest BCUT2D eigenvalue weighted by Gasteiger charge is 2.29. The van der Waals surface area contributed by atoms with E-state index in [0.717, 1.165) is 35.6 Å². The Labute approximate surface area is 165 Å². The minimum atomic E-state index is -0.0768. The molecule has 6 nitrogen and oxygen atoms in total. The Morgan fingerprint density at radius 2 is 1.75 bits per heavy atom. The van der Waals surface area contributed by atoms with E-state index >= 15 is 0 Å². The van der Waals surface area contributed by atoms with Crippen LogP contribution in [0.25, 0.3) is 0 Å². The van der Waals surface area contributed by atoms with Gasteiger partial charge in [-0.25, -0.2) is 0 Å². The molecule has 0 saturated heterocycles. The van der Waals surface area contributed by atoms with Crippen LogP contribution in [0.4, 0.5) is 11.4 Å². The van der Waals surface area contributed by atoms with Crippen molar-refractivity contribution in [1.29, 1.82) is 0 Å². The van der Waals surface area contributed by atoms with Crippen molar-refractivity contribution in [2.45, 2.75) is 32.6 Å². The fourth-order valence-electron chi connectivity index (χ4n) is 2.73. The Bertz CT molecular complexity index is 829. The topological polar surface area (TPSA) is 76.7 Å². The van der Waals surface area contributed by atoms with Gasteiger partial charge in [0.25, 0.3) is 0 Å². The number of methoxy groups -OCH3 is 1. The molecule has 6 heteroatoms. The number of anilines is 2. The molecule has 0 unspecified atom stereocenters. The predicted octanol–water partition coefficient (Wildman–Crippen LogP) is 4.15. The van der Waals surface area contributed by atoms with E-state index in [4.69, 9.17) is 9.47 Å². The van der Waals surface area contributed by atoms with Crippen molar-refractivity contribution in [3.8, 4) is 11.5 Å². The zero-order valence-electron chi connectivity index (χ0n) is 16.3. The lowest BCUT2D eigenvalue weighted by Crippen LogP contribution is -2.15. The largest absolute Gasteiger partial charge is 0.497 e. The van der Waals surface area contributed by atoms with Crippen molar-refractivity contribution in [2.75, 3.05) is 24.4 Å². The number of hydrogen-bond acceptors (Lipinski definition) is 4. The highest BCUT2D eigenvalue weighted by atomic mass is 16.5. The quantitative estimate of drug-likeness (QED) is 0.639. The van der Waals surface area contributed by atoms with E-state index in [1.807, 2.05) is 43.3 Å². The van der Waals surface area contributed by atoms with Crippen molar-refractivity contribution in [3.63, 3.8) is 0 Å². The van der Waals surface area contributed by atoms with Crippen LogP contribution in [0.1, 0.15) is 31.2 Å². The summed E-state index contributed by atoms with van der Waals surface area (Å²) >= 11 is 0. The smallest absolute Gasteiger partial charge is 0.227 e. The van der Waals surface area contributed by atoms with E-state index in [2.05, 4.69) is 10.6 Å². The maximum atomic E-state index is 12.2. The van der Waals surface area contributed by atoms with Gasteiger partial charge in [-0.3, -0.25) is 9.59 Å². The molecule has 2 aromatic rings. The summed E-state index contributed by atoms with van der Waals surface area (Å²) in [6, 6.07) is 12.9. The van der Waals surface area contributed by atoms with Gasteiger partial charge in [-0.1, -0.05) is 6.07 Å². The van der Waals surface area contributed by atoms with Crippen molar-refractivity contribution in [1.82, 2.24) is 0 Å². The molecule has 148 valence electrons. The molecule has 0 heterocycles. The lowest BCUT2D eigenvalue weighted by molar-refractivity contribution is -0.117. The molecule has 0 spiro atoms. The SMILES string of the molecule is COc1ccc(OCCCC(=O)Nc2cc(NC(=O)C3CC3)ccc2C)cc1. The second kappa shape index (κ2) is 9.26. The monoisotopic (exact) mass is 382 g/mol. The summed E-state index contributed by atoms with van der Waals surface area (Å²) < 4.78 is 10.7. The van der Waals surface area contributed by atoms with Crippen molar-refractivity contribution < 1.29 is 19.1 Å². The highest BCUT2D eigenvalue weighted by molar-refractivity contribution is 5.96. The average Bonchev–Trinajstić information content (AvgIpc) is 3.54. The van der Waals surface area contributed by atoms with Crippen molar-refractivity contribution in [3.05, 3.63) is 48.0 Å². The first-order chi connectivity index (χ1) is 13.5. The molecule has 2 N–H and O–H groups in total. The first-order valence-electron chi connectivity index (χ1n) is 9.53. The second-order valence-corrected chi connectivity index (χ2v) is 6.97. The van der Waals surface area contributed by atoms with Crippen molar-refractivity contribution in [2.24, 2.45) is 5.92 Å². The van der Waals surface area contributed by atoms with Crippen LogP contribution in [-0.2, 0) is 9.59 Å². The van der Waals surface area contributed by atoms with Gasteiger partial charge in [-0.2, -0.15) is 0 Å². The van der Waals surface area contributed by atoms with Crippen LogP contribution < -0.4 is 20.1 Å². The first kappa shape index (κ1) is 19.7. The fourth-order valence-corrected chi connectivity index (χ4v) is 2.73. The molecule has 1 saturated carbocycles. The van der Waals surface area contributed by atoms with E-state index in [0.29, 0.717) is 25.1 Å². The van der Waals surface area contributed by atoms with E-state index in [1.54, 1.807) is 13.2 Å². The summed E-state index contributed by atoms with van der Waals surface area (Å²) in [6.07, 6.45) is 2.88. The molecule has 3 rings (SSSR count). The van der Waals surface area contributed by atoms with E-state index in [-0.39, 0.29) is 17.7 Å². The third kappa shape index (κ3) is 5.74. The van der Waals surface area contributed by atoms with Gasteiger partial charge < -0.3 is 20.1 Å². The number of ether oxygens (including phenoxy) is 2. The minimum Gasteiger partial charge on any atom is -0.497 e. The predicted molar refractivity (Wildman–Crippen MR) is 109 cm³/mol. The summed E-state index contributed by atoms with van der Waals surface area (Å²) in [4.78, 5) is 24.1. The maximum absolute atomic E-state index is 12.2. The van der Waals surface area contributed by atoms with Gasteiger partial charge in [-0.15, -0.1) is 0 Å². The third-order valence-electron chi connectivity index (χ3n) is 4.60. The maximum Gasteiger partial charge on any atom is 0.227 e. The lowest BCUT2D eigenvalue weighted by atomic mass is 10.1. The third-order valence-corrected chi connectivity index (χ3v) is 4.60. The summed E-state index contributed by atoms with van der Waals surface area (Å²) in [5.74, 6) is 1.64. The summed E-state index contributed by atoms with van der Waals surface area (Å²) in [5, 5.41) is 5.82. The standard InChI is InChI=1S/C22H26N2O4/c1-15-5-8-17(23-22(26)16-6-7-16)14-20(15)24-21(25)4-3-13-28-19-11-9-18(27-2)10-12-19/h5,8-12,14,16H,3-4,6-7,13H2,1-2H3,(H,23,26)(H,24,25). The molecule has 1 fully saturated rings. The molecule has 0 aliphatic heterocycles. The van der Waals surface area contributed by atoms with E-state index < -0.39 is 0 Å². The molecule has 0 aromatic heterocycles. The Balaban J connectivity index is 1.43. The highest BCUT2D eigenvalue weighted by Crippen LogP contribution is 2.30. The lowest BCUT2D eigenvalue weighted by Gasteiger charge is -2.12. The molecule has 0 radical (unpaired) electrons. The number of carbonyl (C=O) groups excluding carboxylic acids is 2. The average molecular weight is 382 g/mol. The minimum absolute atomic E-state index is 0.0526. The summed E-state index contributed by atoms with van der Waals surface area (Å²) in [7, 11) is 1.62. The van der Waals surface area contributed by atoms with Crippen LogP contribution in [0.5, 0.6) is 11.5 Å². The van der Waals surface area contributed by atoms with Gasteiger partial charge in [0.1, 0.15) is 11.5 Å². The van der Waals surface area contributed by atoms with Crippen molar-refractivity contribution >= 4 is 23.2 Å². The number of nitrogens with one attached hydrogen (secondary N) is 2. The molecule has 1 aliphatic carbocycles. The molecule has 0 bridgehead atoms. The zero-order valence-corrected chi connectivity index (χ0v) is 16.3. The van der Waals surface area contributed by atoms with Gasteiger partial charge in [0.15, 0.2) is 0 Å². The van der Waals surface area contributed by atoms with Crippen LogP contribution in [0.3, 0.4) is 0 Å². The fraction of sp³-hybridized carbons (Fsp3) is 0.364. The number of carbonyl (C=O) groups is 2. The molecular weight excluding hydrogens is 356 g/mol. The Morgan fingerprint density at radius 3 is 2.43 bits per heavy atom. The molecule has 28 heavy (non-hydrogen) atoms. The van der Waals surface area contributed by atoms with Crippen LogP contribution in [0.15, 0.2) is 42.5 Å².